The van der Waals surface area contributed by atoms with E-state index in [-0.39, 0.29) is 16.7 Å². The lowest BCUT2D eigenvalue weighted by molar-refractivity contribution is -0.139. The van der Waals surface area contributed by atoms with E-state index in [1.807, 2.05) is 12.1 Å². The van der Waals surface area contributed by atoms with Gasteiger partial charge in [0.05, 0.1) is 22.6 Å². The summed E-state index contributed by atoms with van der Waals surface area (Å²) in [6.45, 7) is 4.71. The third kappa shape index (κ3) is 6.31. The van der Waals surface area contributed by atoms with Crippen molar-refractivity contribution in [3.05, 3.63) is 64.7 Å². The van der Waals surface area contributed by atoms with Crippen molar-refractivity contribution < 1.29 is 14.3 Å². The maximum Gasteiger partial charge on any atom is 0.254 e. The fourth-order valence-electron chi connectivity index (χ4n) is 6.01. The summed E-state index contributed by atoms with van der Waals surface area (Å²) < 4.78 is 5.90. The number of rotatable bonds is 9. The first-order chi connectivity index (χ1) is 17.7. The Hall–Kier alpha value is -2.53. The average molecular weight is 525 g/mol. The molecule has 1 saturated carbocycles. The molecule has 2 aromatic rings. The number of carbonyl (C=O) groups excluding carboxylic acids is 2. The lowest BCUT2D eigenvalue weighted by atomic mass is 9.74. The van der Waals surface area contributed by atoms with Crippen LogP contribution in [0, 0.1) is 5.41 Å². The zero-order chi connectivity index (χ0) is 26.5. The van der Waals surface area contributed by atoms with Gasteiger partial charge in [0.25, 0.3) is 5.91 Å². The van der Waals surface area contributed by atoms with Gasteiger partial charge in [-0.1, -0.05) is 61.7 Å². The standard InChI is InChI=1S/C31H41ClN2O3/c1-30(15-9-10-22-37-25-13-14-26(27(32)23-25)28(35)33(2)3)18-20-34(21-19-30)29(36)31(16-7-8-17-31)24-11-5-4-6-12-24/h4-6,11-14,23H,7-10,15-22H2,1-3H3. The van der Waals surface area contributed by atoms with Gasteiger partial charge in [-0.05, 0) is 74.1 Å². The molecule has 1 heterocycles. The summed E-state index contributed by atoms with van der Waals surface area (Å²) in [6, 6.07) is 15.7. The molecule has 0 radical (unpaired) electrons. The highest BCUT2D eigenvalue weighted by Gasteiger charge is 2.46. The first-order valence-electron chi connectivity index (χ1n) is 13.7. The molecule has 1 aliphatic heterocycles. The van der Waals surface area contributed by atoms with E-state index in [0.717, 1.165) is 70.9 Å². The maximum atomic E-state index is 13.8. The van der Waals surface area contributed by atoms with Gasteiger partial charge in [-0.2, -0.15) is 0 Å². The molecule has 4 rings (SSSR count). The Morgan fingerprint density at radius 2 is 1.65 bits per heavy atom. The van der Waals surface area contributed by atoms with Crippen LogP contribution in [0.3, 0.4) is 0 Å². The number of nitrogens with zero attached hydrogens (tertiary/aromatic N) is 2. The van der Waals surface area contributed by atoms with E-state index in [1.54, 1.807) is 26.2 Å². The van der Waals surface area contributed by atoms with Crippen LogP contribution in [0.5, 0.6) is 5.75 Å². The van der Waals surface area contributed by atoms with E-state index in [9.17, 15) is 9.59 Å². The SMILES string of the molecule is CN(C)C(=O)c1ccc(OCCCCC2(C)CCN(C(=O)C3(c4ccccc4)CCCC3)CC2)cc1Cl. The van der Waals surface area contributed by atoms with E-state index in [4.69, 9.17) is 16.3 Å². The number of likely N-dealkylation sites (tertiary alicyclic amines) is 1. The molecule has 2 aromatic carbocycles. The number of benzene rings is 2. The van der Waals surface area contributed by atoms with Crippen molar-refractivity contribution in [2.24, 2.45) is 5.41 Å². The second-order valence-electron chi connectivity index (χ2n) is 11.4. The Kier molecular flexibility index (Phi) is 8.84. The molecule has 0 aromatic heterocycles. The van der Waals surface area contributed by atoms with Gasteiger partial charge in [-0.25, -0.2) is 0 Å². The van der Waals surface area contributed by atoms with Crippen molar-refractivity contribution in [3.8, 4) is 5.75 Å². The molecule has 0 N–H and O–H groups in total. The predicted molar refractivity (Wildman–Crippen MR) is 149 cm³/mol. The molecule has 2 amide bonds. The number of ether oxygens (including phenoxy) is 1. The van der Waals surface area contributed by atoms with Crippen molar-refractivity contribution in [1.82, 2.24) is 9.80 Å². The highest BCUT2D eigenvalue weighted by Crippen LogP contribution is 2.44. The van der Waals surface area contributed by atoms with Crippen LogP contribution >= 0.6 is 11.6 Å². The summed E-state index contributed by atoms with van der Waals surface area (Å²) in [5.41, 5.74) is 1.64. The van der Waals surface area contributed by atoms with Crippen LogP contribution in [0.1, 0.15) is 80.6 Å². The summed E-state index contributed by atoms with van der Waals surface area (Å²) in [6.07, 6.45) is 9.53. The number of unbranched alkanes of at least 4 members (excludes halogenated alkanes) is 1. The smallest absolute Gasteiger partial charge is 0.254 e. The van der Waals surface area contributed by atoms with Crippen molar-refractivity contribution >= 4 is 23.4 Å². The van der Waals surface area contributed by atoms with Crippen molar-refractivity contribution in [1.29, 1.82) is 0 Å². The Morgan fingerprint density at radius 1 is 0.973 bits per heavy atom. The lowest BCUT2D eigenvalue weighted by Gasteiger charge is -2.43. The van der Waals surface area contributed by atoms with Crippen LogP contribution in [-0.4, -0.2) is 55.4 Å². The largest absolute Gasteiger partial charge is 0.494 e. The lowest BCUT2D eigenvalue weighted by Crippen LogP contribution is -2.50. The van der Waals surface area contributed by atoms with Gasteiger partial charge in [0.2, 0.25) is 5.91 Å². The summed E-state index contributed by atoms with van der Waals surface area (Å²) in [4.78, 5) is 29.6. The second kappa shape index (κ2) is 11.9. The Bertz CT molecular complexity index is 1070. The van der Waals surface area contributed by atoms with Crippen LogP contribution in [0.4, 0.5) is 0 Å². The molecule has 2 aliphatic rings. The molecule has 1 aliphatic carbocycles. The number of carbonyl (C=O) groups is 2. The first kappa shape index (κ1) is 27.5. The molecule has 0 spiro atoms. The normalized spacial score (nSPS) is 18.4. The zero-order valence-corrected chi connectivity index (χ0v) is 23.4. The molecule has 6 heteroatoms. The predicted octanol–water partition coefficient (Wildman–Crippen LogP) is 6.73. The first-order valence-corrected chi connectivity index (χ1v) is 14.1. The third-order valence-electron chi connectivity index (χ3n) is 8.47. The minimum Gasteiger partial charge on any atom is -0.494 e. The van der Waals surface area contributed by atoms with Crippen LogP contribution < -0.4 is 4.74 Å². The van der Waals surface area contributed by atoms with Crippen molar-refractivity contribution in [2.75, 3.05) is 33.8 Å². The topological polar surface area (TPSA) is 49.9 Å². The van der Waals surface area contributed by atoms with E-state index in [2.05, 4.69) is 36.1 Å². The fraction of sp³-hybridized carbons (Fsp3) is 0.548. The van der Waals surface area contributed by atoms with Crippen LogP contribution in [-0.2, 0) is 10.2 Å². The molecule has 0 unspecified atom stereocenters. The summed E-state index contributed by atoms with van der Waals surface area (Å²) >= 11 is 6.29. The van der Waals surface area contributed by atoms with Crippen LogP contribution in [0.2, 0.25) is 5.02 Å². The zero-order valence-electron chi connectivity index (χ0n) is 22.6. The molecule has 5 nitrogen and oxygen atoms in total. The number of piperidine rings is 1. The van der Waals surface area contributed by atoms with Gasteiger partial charge < -0.3 is 14.5 Å². The van der Waals surface area contributed by atoms with Gasteiger partial charge in [0.15, 0.2) is 0 Å². The van der Waals surface area contributed by atoms with Gasteiger partial charge in [0, 0.05) is 27.2 Å². The molecule has 0 bridgehead atoms. The van der Waals surface area contributed by atoms with Crippen LogP contribution in [0.25, 0.3) is 0 Å². The molecule has 2 fully saturated rings. The Labute approximate surface area is 227 Å². The van der Waals surface area contributed by atoms with E-state index in [1.165, 1.54) is 10.5 Å². The molecule has 200 valence electrons. The summed E-state index contributed by atoms with van der Waals surface area (Å²) in [7, 11) is 3.42. The van der Waals surface area contributed by atoms with Gasteiger partial charge in [-0.15, -0.1) is 0 Å². The van der Waals surface area contributed by atoms with Crippen molar-refractivity contribution in [2.45, 2.75) is 70.1 Å². The molecule has 0 atom stereocenters. The highest BCUT2D eigenvalue weighted by molar-refractivity contribution is 6.34. The minimum absolute atomic E-state index is 0.115. The third-order valence-corrected chi connectivity index (χ3v) is 8.78. The number of hydrogen-bond donors (Lipinski definition) is 0. The molecule has 1 saturated heterocycles. The summed E-state index contributed by atoms with van der Waals surface area (Å²) in [5, 5.41) is 0.414. The number of halogens is 1. The summed E-state index contributed by atoms with van der Waals surface area (Å²) in [5.74, 6) is 0.928. The minimum atomic E-state index is -0.312. The van der Waals surface area contributed by atoms with Crippen molar-refractivity contribution in [3.63, 3.8) is 0 Å². The second-order valence-corrected chi connectivity index (χ2v) is 11.8. The van der Waals surface area contributed by atoms with Gasteiger partial charge in [0.1, 0.15) is 5.75 Å². The number of amides is 2. The average Bonchev–Trinajstić information content (AvgIpc) is 3.40. The molecular formula is C31H41ClN2O3. The quantitative estimate of drug-likeness (QED) is 0.342. The fourth-order valence-corrected chi connectivity index (χ4v) is 6.26. The van der Waals surface area contributed by atoms with Gasteiger partial charge in [-0.3, -0.25) is 9.59 Å². The molecular weight excluding hydrogens is 484 g/mol. The van der Waals surface area contributed by atoms with E-state index < -0.39 is 0 Å². The maximum absolute atomic E-state index is 13.8. The highest BCUT2D eigenvalue weighted by atomic mass is 35.5. The van der Waals surface area contributed by atoms with Crippen LogP contribution in [0.15, 0.2) is 48.5 Å². The van der Waals surface area contributed by atoms with E-state index >= 15 is 0 Å². The Balaban J connectivity index is 1.22. The van der Waals surface area contributed by atoms with Gasteiger partial charge >= 0.3 is 0 Å². The molecule has 37 heavy (non-hydrogen) atoms. The number of hydrogen-bond acceptors (Lipinski definition) is 3. The monoisotopic (exact) mass is 524 g/mol. The Morgan fingerprint density at radius 3 is 2.27 bits per heavy atom. The van der Waals surface area contributed by atoms with E-state index in [0.29, 0.717) is 28.8 Å².